The van der Waals surface area contributed by atoms with Crippen molar-refractivity contribution in [2.75, 3.05) is 6.61 Å². The molecule has 0 saturated carbocycles. The first-order valence-corrected chi connectivity index (χ1v) is 7.97. The molecule has 2 atom stereocenters. The SMILES string of the molecule is CCn1cc([C@H]2OCCC[C@@H]2NC(=O)NCc2ccco2)cn1. The van der Waals surface area contributed by atoms with Crippen LogP contribution < -0.4 is 10.6 Å². The van der Waals surface area contributed by atoms with Gasteiger partial charge in [-0.3, -0.25) is 4.68 Å². The maximum absolute atomic E-state index is 12.1. The van der Waals surface area contributed by atoms with Gasteiger partial charge in [0.25, 0.3) is 0 Å². The molecule has 124 valence electrons. The summed E-state index contributed by atoms with van der Waals surface area (Å²) in [4.78, 5) is 12.1. The number of nitrogens with zero attached hydrogens (tertiary/aromatic N) is 2. The lowest BCUT2D eigenvalue weighted by molar-refractivity contribution is -0.00749. The fourth-order valence-corrected chi connectivity index (χ4v) is 2.76. The van der Waals surface area contributed by atoms with Gasteiger partial charge in [0.15, 0.2) is 0 Å². The second-order valence-corrected chi connectivity index (χ2v) is 5.58. The average Bonchev–Trinajstić information content (AvgIpc) is 3.25. The summed E-state index contributed by atoms with van der Waals surface area (Å²) in [6.45, 7) is 3.92. The maximum Gasteiger partial charge on any atom is 0.315 e. The standard InChI is InChI=1S/C16H22N4O3/c1-2-20-11-12(9-18-20)15-14(6-4-8-23-15)19-16(21)17-10-13-5-3-7-22-13/h3,5,7,9,11,14-15H,2,4,6,8,10H2,1H3,(H2,17,19,21)/t14-,15+/m0/s1. The van der Waals surface area contributed by atoms with Crippen LogP contribution in [0.1, 0.15) is 37.2 Å². The lowest BCUT2D eigenvalue weighted by atomic mass is 9.98. The van der Waals surface area contributed by atoms with Crippen LogP contribution in [0.4, 0.5) is 4.79 Å². The number of furan rings is 1. The number of hydrogen-bond acceptors (Lipinski definition) is 4. The molecule has 0 spiro atoms. The molecule has 7 heteroatoms. The van der Waals surface area contributed by atoms with E-state index in [0.29, 0.717) is 13.2 Å². The van der Waals surface area contributed by atoms with Gasteiger partial charge in [-0.25, -0.2) is 4.79 Å². The molecule has 2 aromatic heterocycles. The topological polar surface area (TPSA) is 81.3 Å². The molecule has 0 aliphatic carbocycles. The summed E-state index contributed by atoms with van der Waals surface area (Å²) in [7, 11) is 0. The number of urea groups is 1. The Balaban J connectivity index is 1.58. The average molecular weight is 318 g/mol. The van der Waals surface area contributed by atoms with Crippen LogP contribution in [0.2, 0.25) is 0 Å². The van der Waals surface area contributed by atoms with Crippen LogP contribution in [0.3, 0.4) is 0 Å². The van der Waals surface area contributed by atoms with Gasteiger partial charge in [-0.1, -0.05) is 0 Å². The maximum atomic E-state index is 12.1. The predicted molar refractivity (Wildman–Crippen MR) is 83.7 cm³/mol. The summed E-state index contributed by atoms with van der Waals surface area (Å²) in [6, 6.07) is 3.34. The Kier molecular flexibility index (Phi) is 4.97. The Morgan fingerprint density at radius 2 is 2.43 bits per heavy atom. The van der Waals surface area contributed by atoms with Gasteiger partial charge in [0, 0.05) is 24.9 Å². The third-order valence-corrected chi connectivity index (χ3v) is 3.95. The lowest BCUT2D eigenvalue weighted by Crippen LogP contribution is -2.46. The Bertz CT molecular complexity index is 623. The Hall–Kier alpha value is -2.28. The molecule has 7 nitrogen and oxygen atoms in total. The first kappa shape index (κ1) is 15.6. The molecule has 3 heterocycles. The van der Waals surface area contributed by atoms with Crippen LogP contribution in [0, 0.1) is 0 Å². The molecule has 0 unspecified atom stereocenters. The van der Waals surface area contributed by atoms with E-state index in [1.807, 2.05) is 30.1 Å². The number of carbonyl (C=O) groups excluding carboxylic acids is 1. The van der Waals surface area contributed by atoms with Crippen molar-refractivity contribution in [2.24, 2.45) is 0 Å². The van der Waals surface area contributed by atoms with Crippen molar-refractivity contribution in [1.29, 1.82) is 0 Å². The van der Waals surface area contributed by atoms with Crippen LogP contribution in [-0.2, 0) is 17.8 Å². The van der Waals surface area contributed by atoms with Crippen molar-refractivity contribution in [2.45, 2.75) is 45.0 Å². The summed E-state index contributed by atoms with van der Waals surface area (Å²) in [5.74, 6) is 0.723. The van der Waals surface area contributed by atoms with Crippen LogP contribution in [-0.4, -0.2) is 28.5 Å². The molecule has 0 aromatic carbocycles. The Morgan fingerprint density at radius 3 is 3.17 bits per heavy atom. The van der Waals surface area contributed by atoms with Crippen molar-refractivity contribution in [3.63, 3.8) is 0 Å². The summed E-state index contributed by atoms with van der Waals surface area (Å²) in [5.41, 5.74) is 1.00. The highest BCUT2D eigenvalue weighted by Crippen LogP contribution is 2.28. The molecule has 0 radical (unpaired) electrons. The minimum absolute atomic E-state index is 0.0603. The first-order chi connectivity index (χ1) is 11.3. The molecule has 0 bridgehead atoms. The van der Waals surface area contributed by atoms with Gasteiger partial charge in [-0.15, -0.1) is 0 Å². The fourth-order valence-electron chi connectivity index (χ4n) is 2.76. The zero-order chi connectivity index (χ0) is 16.1. The van der Waals surface area contributed by atoms with Crippen LogP contribution >= 0.6 is 0 Å². The van der Waals surface area contributed by atoms with E-state index < -0.39 is 0 Å². The van der Waals surface area contributed by atoms with Crippen molar-refractivity contribution >= 4 is 6.03 Å². The highest BCUT2D eigenvalue weighted by atomic mass is 16.5. The monoisotopic (exact) mass is 318 g/mol. The van der Waals surface area contributed by atoms with Gasteiger partial charge in [0.2, 0.25) is 0 Å². The molecule has 3 rings (SSSR count). The Morgan fingerprint density at radius 1 is 1.52 bits per heavy atom. The summed E-state index contributed by atoms with van der Waals surface area (Å²) >= 11 is 0. The minimum atomic E-state index is -0.218. The molecule has 2 N–H and O–H groups in total. The van der Waals surface area contributed by atoms with E-state index in [2.05, 4.69) is 15.7 Å². The van der Waals surface area contributed by atoms with E-state index in [-0.39, 0.29) is 18.2 Å². The number of ether oxygens (including phenoxy) is 1. The molecule has 23 heavy (non-hydrogen) atoms. The third-order valence-electron chi connectivity index (χ3n) is 3.95. The van der Waals surface area contributed by atoms with E-state index in [0.717, 1.165) is 30.7 Å². The number of rotatable bonds is 5. The molecule has 1 saturated heterocycles. The highest BCUT2D eigenvalue weighted by Gasteiger charge is 2.29. The van der Waals surface area contributed by atoms with Gasteiger partial charge in [-0.05, 0) is 31.9 Å². The summed E-state index contributed by atoms with van der Waals surface area (Å²) in [6.07, 6.45) is 7.04. The number of amides is 2. The molecule has 2 amide bonds. The Labute approximate surface area is 135 Å². The molecule has 1 aliphatic rings. The van der Waals surface area contributed by atoms with Crippen molar-refractivity contribution in [1.82, 2.24) is 20.4 Å². The number of nitrogens with one attached hydrogen (secondary N) is 2. The molecular weight excluding hydrogens is 296 g/mol. The van der Waals surface area contributed by atoms with Crippen molar-refractivity contribution < 1.29 is 13.9 Å². The van der Waals surface area contributed by atoms with E-state index >= 15 is 0 Å². The zero-order valence-corrected chi connectivity index (χ0v) is 13.2. The molecule has 1 fully saturated rings. The summed E-state index contributed by atoms with van der Waals surface area (Å²) in [5, 5.41) is 10.1. The van der Waals surface area contributed by atoms with Crippen molar-refractivity contribution in [3.8, 4) is 0 Å². The van der Waals surface area contributed by atoms with Gasteiger partial charge in [-0.2, -0.15) is 5.10 Å². The smallest absolute Gasteiger partial charge is 0.315 e. The van der Waals surface area contributed by atoms with Gasteiger partial charge in [0.1, 0.15) is 11.9 Å². The van der Waals surface area contributed by atoms with Crippen LogP contribution in [0.5, 0.6) is 0 Å². The largest absolute Gasteiger partial charge is 0.467 e. The molecule has 1 aliphatic heterocycles. The quantitative estimate of drug-likeness (QED) is 0.885. The van der Waals surface area contributed by atoms with Gasteiger partial charge < -0.3 is 19.8 Å². The highest BCUT2D eigenvalue weighted by molar-refractivity contribution is 5.74. The minimum Gasteiger partial charge on any atom is -0.467 e. The van der Waals surface area contributed by atoms with E-state index in [9.17, 15) is 4.79 Å². The number of hydrogen-bond donors (Lipinski definition) is 2. The number of aryl methyl sites for hydroxylation is 1. The second-order valence-electron chi connectivity index (χ2n) is 5.58. The summed E-state index contributed by atoms with van der Waals surface area (Å²) < 4.78 is 12.9. The van der Waals surface area contributed by atoms with E-state index in [4.69, 9.17) is 9.15 Å². The number of aromatic nitrogens is 2. The third kappa shape index (κ3) is 3.92. The lowest BCUT2D eigenvalue weighted by Gasteiger charge is -2.31. The first-order valence-electron chi connectivity index (χ1n) is 7.97. The van der Waals surface area contributed by atoms with Gasteiger partial charge >= 0.3 is 6.03 Å². The molecular formula is C16H22N4O3. The number of carbonyl (C=O) groups is 1. The predicted octanol–water partition coefficient (Wildman–Crippen LogP) is 2.22. The fraction of sp³-hybridized carbons (Fsp3) is 0.500. The van der Waals surface area contributed by atoms with E-state index in [1.165, 1.54) is 0 Å². The van der Waals surface area contributed by atoms with E-state index in [1.54, 1.807) is 12.3 Å². The normalized spacial score (nSPS) is 21.1. The second kappa shape index (κ2) is 7.32. The van der Waals surface area contributed by atoms with Crippen LogP contribution in [0.15, 0.2) is 35.2 Å². The van der Waals surface area contributed by atoms with Crippen molar-refractivity contribution in [3.05, 3.63) is 42.1 Å². The zero-order valence-electron chi connectivity index (χ0n) is 13.2. The molecule has 2 aromatic rings. The van der Waals surface area contributed by atoms with Crippen LogP contribution in [0.25, 0.3) is 0 Å². The van der Waals surface area contributed by atoms with Gasteiger partial charge in [0.05, 0.1) is 25.0 Å².